The van der Waals surface area contributed by atoms with Crippen molar-refractivity contribution in [3.8, 4) is 5.75 Å². The van der Waals surface area contributed by atoms with Crippen molar-refractivity contribution in [3.63, 3.8) is 0 Å². The predicted octanol–water partition coefficient (Wildman–Crippen LogP) is 3.61. The molecule has 104 valence electrons. The van der Waals surface area contributed by atoms with Crippen LogP contribution in [0.1, 0.15) is 24.2 Å². The van der Waals surface area contributed by atoms with Crippen molar-refractivity contribution in [3.05, 3.63) is 48.0 Å². The molecule has 0 aliphatic carbocycles. The summed E-state index contributed by atoms with van der Waals surface area (Å²) in [6, 6.07) is 12.9. The lowest BCUT2D eigenvalue weighted by Gasteiger charge is -2.11. The standard InChI is InChI=1S/C16H18N2O2/c1-3-20-14-7-5-13(6-8-14)18-16-9-4-12(11(2)19)10-15(16)17/h4-10,18H,3,17H2,1-2H3. The van der Waals surface area contributed by atoms with Crippen molar-refractivity contribution in [1.29, 1.82) is 0 Å². The van der Waals surface area contributed by atoms with E-state index in [4.69, 9.17) is 10.5 Å². The minimum atomic E-state index is 0.00400. The quantitative estimate of drug-likeness (QED) is 0.643. The molecule has 2 aromatic carbocycles. The summed E-state index contributed by atoms with van der Waals surface area (Å²) in [4.78, 5) is 11.3. The summed E-state index contributed by atoms with van der Waals surface area (Å²) in [7, 11) is 0. The number of benzene rings is 2. The molecule has 0 saturated heterocycles. The third-order valence-electron chi connectivity index (χ3n) is 2.90. The Bertz CT molecular complexity index is 606. The van der Waals surface area contributed by atoms with Crippen molar-refractivity contribution in [2.75, 3.05) is 17.7 Å². The normalized spacial score (nSPS) is 10.1. The summed E-state index contributed by atoms with van der Waals surface area (Å²) in [5.41, 5.74) is 8.79. The van der Waals surface area contributed by atoms with Gasteiger partial charge in [0.15, 0.2) is 5.78 Å². The molecule has 0 atom stereocenters. The number of nitrogen functional groups attached to an aromatic ring is 1. The SMILES string of the molecule is CCOc1ccc(Nc2ccc(C(C)=O)cc2N)cc1. The van der Waals surface area contributed by atoms with Crippen molar-refractivity contribution in [2.45, 2.75) is 13.8 Å². The monoisotopic (exact) mass is 270 g/mol. The summed E-state index contributed by atoms with van der Waals surface area (Å²) < 4.78 is 5.39. The van der Waals surface area contributed by atoms with Crippen LogP contribution in [0, 0.1) is 0 Å². The second-order valence-corrected chi connectivity index (χ2v) is 4.44. The number of Topliss-reactive ketones (excluding diaryl/α,β-unsaturated/α-hetero) is 1. The second-order valence-electron chi connectivity index (χ2n) is 4.44. The Morgan fingerprint density at radius 3 is 2.45 bits per heavy atom. The summed E-state index contributed by atoms with van der Waals surface area (Å²) >= 11 is 0. The van der Waals surface area contributed by atoms with Crippen LogP contribution in [0.4, 0.5) is 17.1 Å². The number of ketones is 1. The molecule has 0 amide bonds. The molecule has 4 heteroatoms. The molecule has 4 nitrogen and oxygen atoms in total. The van der Waals surface area contributed by atoms with Gasteiger partial charge in [0.1, 0.15) is 5.75 Å². The van der Waals surface area contributed by atoms with Crippen molar-refractivity contribution >= 4 is 22.8 Å². The van der Waals surface area contributed by atoms with Gasteiger partial charge in [0.05, 0.1) is 18.0 Å². The first-order valence-electron chi connectivity index (χ1n) is 6.50. The minimum absolute atomic E-state index is 0.00400. The molecular weight excluding hydrogens is 252 g/mol. The summed E-state index contributed by atoms with van der Waals surface area (Å²) in [5.74, 6) is 0.835. The number of carbonyl (C=O) groups is 1. The lowest BCUT2D eigenvalue weighted by atomic mass is 10.1. The van der Waals surface area contributed by atoms with Crippen LogP contribution in [-0.4, -0.2) is 12.4 Å². The fourth-order valence-electron chi connectivity index (χ4n) is 1.85. The van der Waals surface area contributed by atoms with Crippen LogP contribution in [0.2, 0.25) is 0 Å². The van der Waals surface area contributed by atoms with Gasteiger partial charge in [-0.1, -0.05) is 0 Å². The lowest BCUT2D eigenvalue weighted by molar-refractivity contribution is 0.101. The molecule has 20 heavy (non-hydrogen) atoms. The molecule has 0 unspecified atom stereocenters. The van der Waals surface area contributed by atoms with Gasteiger partial charge in [-0.2, -0.15) is 0 Å². The number of rotatable bonds is 5. The van der Waals surface area contributed by atoms with E-state index in [-0.39, 0.29) is 5.78 Å². The molecule has 0 heterocycles. The van der Waals surface area contributed by atoms with Gasteiger partial charge >= 0.3 is 0 Å². The Balaban J connectivity index is 2.15. The van der Waals surface area contributed by atoms with E-state index in [1.807, 2.05) is 37.3 Å². The molecule has 0 aliphatic rings. The van der Waals surface area contributed by atoms with Crippen LogP contribution in [-0.2, 0) is 0 Å². The Hall–Kier alpha value is -2.49. The minimum Gasteiger partial charge on any atom is -0.494 e. The molecular formula is C16H18N2O2. The smallest absolute Gasteiger partial charge is 0.159 e. The van der Waals surface area contributed by atoms with E-state index >= 15 is 0 Å². The molecule has 0 aromatic heterocycles. The average molecular weight is 270 g/mol. The van der Waals surface area contributed by atoms with Gasteiger partial charge in [0, 0.05) is 11.3 Å². The zero-order valence-electron chi connectivity index (χ0n) is 11.6. The van der Waals surface area contributed by atoms with E-state index in [9.17, 15) is 4.79 Å². The van der Waals surface area contributed by atoms with Crippen LogP contribution in [0.5, 0.6) is 5.75 Å². The maximum Gasteiger partial charge on any atom is 0.159 e. The van der Waals surface area contributed by atoms with Crippen LogP contribution >= 0.6 is 0 Å². The maximum absolute atomic E-state index is 11.3. The first-order valence-corrected chi connectivity index (χ1v) is 6.50. The van der Waals surface area contributed by atoms with Crippen molar-refractivity contribution in [1.82, 2.24) is 0 Å². The van der Waals surface area contributed by atoms with E-state index in [2.05, 4.69) is 5.32 Å². The number of carbonyl (C=O) groups excluding carboxylic acids is 1. The van der Waals surface area contributed by atoms with Gasteiger partial charge in [-0.05, 0) is 56.3 Å². The number of anilines is 3. The van der Waals surface area contributed by atoms with Crippen LogP contribution in [0.25, 0.3) is 0 Å². The molecule has 2 aromatic rings. The molecule has 2 rings (SSSR count). The third-order valence-corrected chi connectivity index (χ3v) is 2.90. The fraction of sp³-hybridized carbons (Fsp3) is 0.188. The van der Waals surface area contributed by atoms with Gasteiger partial charge in [0.25, 0.3) is 0 Å². The highest BCUT2D eigenvalue weighted by molar-refractivity contribution is 5.96. The number of nitrogens with two attached hydrogens (primary N) is 1. The zero-order valence-corrected chi connectivity index (χ0v) is 11.6. The topological polar surface area (TPSA) is 64.3 Å². The largest absolute Gasteiger partial charge is 0.494 e. The van der Waals surface area contributed by atoms with E-state index in [0.29, 0.717) is 17.9 Å². The van der Waals surface area contributed by atoms with Crippen LogP contribution < -0.4 is 15.8 Å². The first kappa shape index (κ1) is 13.9. The molecule has 0 fully saturated rings. The summed E-state index contributed by atoms with van der Waals surface area (Å²) in [6.45, 7) is 4.12. The first-order chi connectivity index (χ1) is 9.60. The molecule has 0 radical (unpaired) electrons. The van der Waals surface area contributed by atoms with Gasteiger partial charge < -0.3 is 15.8 Å². The Morgan fingerprint density at radius 2 is 1.90 bits per heavy atom. The Morgan fingerprint density at radius 1 is 1.20 bits per heavy atom. The maximum atomic E-state index is 11.3. The number of ether oxygens (including phenoxy) is 1. The van der Waals surface area contributed by atoms with Gasteiger partial charge in [0.2, 0.25) is 0 Å². The predicted molar refractivity (Wildman–Crippen MR) is 81.8 cm³/mol. The van der Waals surface area contributed by atoms with E-state index < -0.39 is 0 Å². The van der Waals surface area contributed by atoms with Gasteiger partial charge in [-0.25, -0.2) is 0 Å². The molecule has 3 N–H and O–H groups in total. The van der Waals surface area contributed by atoms with Crippen molar-refractivity contribution < 1.29 is 9.53 Å². The van der Waals surface area contributed by atoms with E-state index in [1.54, 1.807) is 12.1 Å². The van der Waals surface area contributed by atoms with Crippen LogP contribution in [0.3, 0.4) is 0 Å². The highest BCUT2D eigenvalue weighted by atomic mass is 16.5. The van der Waals surface area contributed by atoms with E-state index in [1.165, 1.54) is 6.92 Å². The summed E-state index contributed by atoms with van der Waals surface area (Å²) in [5, 5.41) is 3.22. The lowest BCUT2D eigenvalue weighted by Crippen LogP contribution is -2.00. The number of hydrogen-bond donors (Lipinski definition) is 2. The Labute approximate surface area is 118 Å². The molecule has 0 saturated carbocycles. The number of hydrogen-bond acceptors (Lipinski definition) is 4. The third kappa shape index (κ3) is 3.29. The Kier molecular flexibility index (Phi) is 4.25. The average Bonchev–Trinajstić information content (AvgIpc) is 2.43. The second kappa shape index (κ2) is 6.10. The highest BCUT2D eigenvalue weighted by Gasteiger charge is 2.04. The molecule has 0 spiro atoms. The van der Waals surface area contributed by atoms with E-state index in [0.717, 1.165) is 17.1 Å². The number of nitrogens with one attached hydrogen (secondary N) is 1. The van der Waals surface area contributed by atoms with Gasteiger partial charge in [-0.15, -0.1) is 0 Å². The summed E-state index contributed by atoms with van der Waals surface area (Å²) in [6.07, 6.45) is 0. The van der Waals surface area contributed by atoms with Gasteiger partial charge in [-0.3, -0.25) is 4.79 Å². The highest BCUT2D eigenvalue weighted by Crippen LogP contribution is 2.25. The van der Waals surface area contributed by atoms with Crippen LogP contribution in [0.15, 0.2) is 42.5 Å². The molecule has 0 aliphatic heterocycles. The zero-order chi connectivity index (χ0) is 14.5. The molecule has 0 bridgehead atoms. The fourth-order valence-corrected chi connectivity index (χ4v) is 1.85. The van der Waals surface area contributed by atoms with Crippen molar-refractivity contribution in [2.24, 2.45) is 0 Å².